The third kappa shape index (κ3) is 1.81. The lowest BCUT2D eigenvalue weighted by atomic mass is 9.89. The fraction of sp³-hybridized carbons (Fsp3) is 0. The average molecular weight is 336 g/mol. The third-order valence-electron chi connectivity index (χ3n) is 1.89. The predicted octanol–water partition coefficient (Wildman–Crippen LogP) is 1.47. The maximum Gasteiger partial charge on any atom is 0.499 e. The topological polar surface area (TPSA) is 40.5 Å². The van der Waals surface area contributed by atoms with Gasteiger partial charge in [0.25, 0.3) is 0 Å². The van der Waals surface area contributed by atoms with Gasteiger partial charge >= 0.3 is 7.12 Å². The molecular weight excluding hydrogens is 330 g/mol. The second kappa shape index (κ2) is 4.01. The summed E-state index contributed by atoms with van der Waals surface area (Å²) in [5.74, 6) is 0. The molecular formula is C8H6BIO2S2. The van der Waals surface area contributed by atoms with Crippen LogP contribution in [0.1, 0.15) is 0 Å². The first-order valence-corrected chi connectivity index (χ1v) is 6.21. The van der Waals surface area contributed by atoms with Crippen LogP contribution in [0.4, 0.5) is 0 Å². The highest BCUT2D eigenvalue weighted by atomic mass is 127. The number of hydrogen-bond donors (Lipinski definition) is 3. The summed E-state index contributed by atoms with van der Waals surface area (Å²) in [5, 5.41) is 19.1. The molecule has 0 amide bonds. The lowest BCUT2D eigenvalue weighted by Gasteiger charge is -1.96. The third-order valence-corrected chi connectivity index (χ3v) is 4.99. The number of hydrogen-bond acceptors (Lipinski definition) is 4. The van der Waals surface area contributed by atoms with Crippen LogP contribution in [-0.2, 0) is 0 Å². The van der Waals surface area contributed by atoms with Gasteiger partial charge in [0.1, 0.15) is 0 Å². The van der Waals surface area contributed by atoms with E-state index in [1.54, 1.807) is 6.07 Å². The van der Waals surface area contributed by atoms with Crippen molar-refractivity contribution in [1.29, 1.82) is 0 Å². The Morgan fingerprint density at radius 3 is 2.71 bits per heavy atom. The lowest BCUT2D eigenvalue weighted by Crippen LogP contribution is -2.26. The summed E-state index contributed by atoms with van der Waals surface area (Å²) in [6.07, 6.45) is 0. The maximum absolute atomic E-state index is 9.03. The van der Waals surface area contributed by atoms with Crippen molar-refractivity contribution >= 4 is 68.5 Å². The highest BCUT2D eigenvalue weighted by Gasteiger charge is 2.16. The van der Waals surface area contributed by atoms with Crippen molar-refractivity contribution in [2.45, 2.75) is 4.90 Å². The molecule has 0 fully saturated rings. The zero-order valence-corrected chi connectivity index (χ0v) is 10.8. The Bertz CT molecular complexity index is 483. The van der Waals surface area contributed by atoms with Crippen molar-refractivity contribution in [1.82, 2.24) is 0 Å². The van der Waals surface area contributed by atoms with Gasteiger partial charge in [-0.15, -0.1) is 24.0 Å². The number of benzene rings is 1. The Morgan fingerprint density at radius 2 is 2.07 bits per heavy atom. The largest absolute Gasteiger partial charge is 0.499 e. The Kier molecular flexibility index (Phi) is 3.08. The van der Waals surface area contributed by atoms with Gasteiger partial charge in [0.15, 0.2) is 0 Å². The molecule has 0 spiro atoms. The number of thiol groups is 1. The molecule has 1 aromatic heterocycles. The van der Waals surface area contributed by atoms with Gasteiger partial charge in [0.05, 0.1) is 0 Å². The van der Waals surface area contributed by atoms with Gasteiger partial charge in [-0.3, -0.25) is 0 Å². The first-order chi connectivity index (χ1) is 6.59. The van der Waals surface area contributed by atoms with Crippen molar-refractivity contribution in [3.63, 3.8) is 0 Å². The van der Waals surface area contributed by atoms with Crippen LogP contribution in [0, 0.1) is 3.57 Å². The first-order valence-electron chi connectivity index (χ1n) is 3.86. The summed E-state index contributed by atoms with van der Waals surface area (Å²) in [7, 11) is -1.38. The van der Waals surface area contributed by atoms with E-state index in [1.807, 2.05) is 12.1 Å². The molecule has 2 rings (SSSR count). The van der Waals surface area contributed by atoms with Crippen molar-refractivity contribution in [2.75, 3.05) is 0 Å². The number of halogens is 1. The van der Waals surface area contributed by atoms with Crippen LogP contribution in [0.2, 0.25) is 0 Å². The number of rotatable bonds is 1. The highest BCUT2D eigenvalue weighted by molar-refractivity contribution is 14.1. The SMILES string of the molecule is OB(O)c1cc2c(I)c(S)ccc2s1. The number of fused-ring (bicyclic) bond motifs is 1. The van der Waals surface area contributed by atoms with E-state index in [0.717, 1.165) is 18.6 Å². The molecule has 0 bridgehead atoms. The summed E-state index contributed by atoms with van der Waals surface area (Å²) in [6.45, 7) is 0. The standard InChI is InChI=1S/C8H6BIO2S2/c10-8-4-3-7(9(11)12)14-6(4)2-1-5(8)13/h1-3,11-13H. The van der Waals surface area contributed by atoms with E-state index in [9.17, 15) is 0 Å². The summed E-state index contributed by atoms with van der Waals surface area (Å²) in [6, 6.07) is 5.65. The van der Waals surface area contributed by atoms with Gasteiger partial charge in [0, 0.05) is 23.3 Å². The molecule has 0 atom stereocenters. The van der Waals surface area contributed by atoms with Crippen molar-refractivity contribution in [2.24, 2.45) is 0 Å². The van der Waals surface area contributed by atoms with Crippen LogP contribution in [-0.4, -0.2) is 17.2 Å². The van der Waals surface area contributed by atoms with Crippen LogP contribution in [0.15, 0.2) is 23.1 Å². The first kappa shape index (κ1) is 10.8. The molecule has 2 nitrogen and oxygen atoms in total. The minimum absolute atomic E-state index is 0.567. The quantitative estimate of drug-likeness (QED) is 0.419. The predicted molar refractivity (Wildman–Crippen MR) is 71.6 cm³/mol. The van der Waals surface area contributed by atoms with Crippen LogP contribution >= 0.6 is 46.6 Å². The molecule has 6 heteroatoms. The summed E-state index contributed by atoms with van der Waals surface area (Å²) in [5.41, 5.74) is 0. The molecule has 2 N–H and O–H groups in total. The Hall–Kier alpha value is 0.245. The Morgan fingerprint density at radius 1 is 1.36 bits per heavy atom. The summed E-state index contributed by atoms with van der Waals surface area (Å²) in [4.78, 5) is 0.912. The average Bonchev–Trinajstić information content (AvgIpc) is 2.56. The van der Waals surface area contributed by atoms with Gasteiger partial charge in [-0.2, -0.15) is 0 Å². The monoisotopic (exact) mass is 336 g/mol. The fourth-order valence-electron chi connectivity index (χ4n) is 1.21. The van der Waals surface area contributed by atoms with E-state index < -0.39 is 7.12 Å². The van der Waals surface area contributed by atoms with E-state index in [4.69, 9.17) is 10.0 Å². The second-order valence-electron chi connectivity index (χ2n) is 2.83. The molecule has 0 saturated carbocycles. The second-order valence-corrected chi connectivity index (χ2v) is 5.51. The van der Waals surface area contributed by atoms with Crippen molar-refractivity contribution in [3.05, 3.63) is 21.8 Å². The van der Waals surface area contributed by atoms with E-state index >= 15 is 0 Å². The van der Waals surface area contributed by atoms with E-state index in [0.29, 0.717) is 4.78 Å². The zero-order chi connectivity index (χ0) is 10.3. The summed E-state index contributed by atoms with van der Waals surface area (Å²) < 4.78 is 2.67. The minimum Gasteiger partial charge on any atom is -0.423 e. The van der Waals surface area contributed by atoms with Crippen LogP contribution < -0.4 is 4.78 Å². The Balaban J connectivity index is 2.71. The number of thiophene rings is 1. The van der Waals surface area contributed by atoms with E-state index in [-0.39, 0.29) is 0 Å². The van der Waals surface area contributed by atoms with Crippen molar-refractivity contribution in [3.8, 4) is 0 Å². The highest BCUT2D eigenvalue weighted by Crippen LogP contribution is 2.29. The molecule has 72 valence electrons. The molecule has 0 aliphatic rings. The molecule has 1 heterocycles. The van der Waals surface area contributed by atoms with Gasteiger partial charge < -0.3 is 10.0 Å². The zero-order valence-electron chi connectivity index (χ0n) is 6.94. The van der Waals surface area contributed by atoms with Gasteiger partial charge in [-0.1, -0.05) is 0 Å². The van der Waals surface area contributed by atoms with Crippen LogP contribution in [0.3, 0.4) is 0 Å². The molecule has 0 unspecified atom stereocenters. The van der Waals surface area contributed by atoms with Crippen LogP contribution in [0.5, 0.6) is 0 Å². The van der Waals surface area contributed by atoms with Gasteiger partial charge in [-0.25, -0.2) is 0 Å². The summed E-state index contributed by atoms with van der Waals surface area (Å²) >= 11 is 7.90. The Labute approximate surface area is 105 Å². The van der Waals surface area contributed by atoms with Gasteiger partial charge in [-0.05, 0) is 40.8 Å². The molecule has 2 aromatic rings. The van der Waals surface area contributed by atoms with E-state index in [2.05, 4.69) is 35.2 Å². The minimum atomic E-state index is -1.38. The van der Waals surface area contributed by atoms with Gasteiger partial charge in [0.2, 0.25) is 0 Å². The molecule has 0 aliphatic heterocycles. The molecule has 0 radical (unpaired) electrons. The molecule has 0 aliphatic carbocycles. The van der Waals surface area contributed by atoms with Crippen LogP contribution in [0.25, 0.3) is 10.1 Å². The smallest absolute Gasteiger partial charge is 0.423 e. The molecule has 0 saturated heterocycles. The molecule has 14 heavy (non-hydrogen) atoms. The maximum atomic E-state index is 9.03. The lowest BCUT2D eigenvalue weighted by molar-refractivity contribution is 0.427. The normalized spacial score (nSPS) is 10.9. The van der Waals surface area contributed by atoms with E-state index in [1.165, 1.54) is 11.3 Å². The van der Waals surface area contributed by atoms with Crippen molar-refractivity contribution < 1.29 is 10.0 Å². The molecule has 1 aromatic carbocycles. The fourth-order valence-corrected chi connectivity index (χ4v) is 3.16.